The number of nitrogens with zero attached hydrogens (tertiary/aromatic N) is 2. The molecular weight excluding hydrogens is 356 g/mol. The topological polar surface area (TPSA) is 76.2 Å². The summed E-state index contributed by atoms with van der Waals surface area (Å²) in [6.45, 7) is 5.75. The molecular formula is C18H26N2O5S. The molecule has 1 aromatic carbocycles. The quantitative estimate of drug-likeness (QED) is 0.777. The zero-order chi connectivity index (χ0) is 18.7. The van der Waals surface area contributed by atoms with Gasteiger partial charge in [-0.1, -0.05) is 6.92 Å². The molecule has 7 nitrogen and oxygen atoms in total. The molecule has 144 valence electrons. The molecule has 0 N–H and O–H groups in total. The van der Waals surface area contributed by atoms with Gasteiger partial charge < -0.3 is 14.4 Å². The van der Waals surface area contributed by atoms with Gasteiger partial charge >= 0.3 is 0 Å². The summed E-state index contributed by atoms with van der Waals surface area (Å²) in [7, 11) is -3.60. The molecule has 1 saturated heterocycles. The third kappa shape index (κ3) is 4.06. The van der Waals surface area contributed by atoms with Crippen LogP contribution in [0.4, 0.5) is 5.69 Å². The lowest BCUT2D eigenvalue weighted by molar-refractivity contribution is -0.131. The van der Waals surface area contributed by atoms with Crippen LogP contribution >= 0.6 is 0 Å². The first-order chi connectivity index (χ1) is 12.4. The number of carbonyl (C=O) groups excluding carboxylic acids is 1. The Balaban J connectivity index is 1.85. The smallest absolute Gasteiger partial charge is 0.243 e. The highest BCUT2D eigenvalue weighted by molar-refractivity contribution is 7.92. The Morgan fingerprint density at radius 1 is 1.27 bits per heavy atom. The molecule has 1 atom stereocenters. The first-order valence-corrected chi connectivity index (χ1v) is 10.7. The zero-order valence-electron chi connectivity index (χ0n) is 15.3. The van der Waals surface area contributed by atoms with E-state index in [2.05, 4.69) is 6.92 Å². The van der Waals surface area contributed by atoms with Crippen molar-refractivity contribution in [3.8, 4) is 11.5 Å². The van der Waals surface area contributed by atoms with Crippen molar-refractivity contribution in [1.29, 1.82) is 0 Å². The van der Waals surface area contributed by atoms with Crippen LogP contribution in [0.5, 0.6) is 11.5 Å². The number of amides is 1. The first kappa shape index (κ1) is 18.8. The molecule has 1 aromatic rings. The Bertz CT molecular complexity index is 765. The lowest BCUT2D eigenvalue weighted by atomic mass is 10.0. The molecule has 2 aliphatic rings. The summed E-state index contributed by atoms with van der Waals surface area (Å²) in [5.41, 5.74) is 0.425. The molecule has 0 aromatic heterocycles. The summed E-state index contributed by atoms with van der Waals surface area (Å²) in [4.78, 5) is 14.5. The Morgan fingerprint density at radius 3 is 2.69 bits per heavy atom. The lowest BCUT2D eigenvalue weighted by Gasteiger charge is -2.33. The maximum absolute atomic E-state index is 12.7. The Morgan fingerprint density at radius 2 is 2.00 bits per heavy atom. The van der Waals surface area contributed by atoms with Crippen LogP contribution in [0.2, 0.25) is 0 Å². The van der Waals surface area contributed by atoms with Gasteiger partial charge in [0.25, 0.3) is 0 Å². The second kappa shape index (κ2) is 7.73. The van der Waals surface area contributed by atoms with E-state index in [0.29, 0.717) is 49.4 Å². The molecule has 1 fully saturated rings. The van der Waals surface area contributed by atoms with Gasteiger partial charge in [-0.25, -0.2) is 8.42 Å². The summed E-state index contributed by atoms with van der Waals surface area (Å²) in [5.74, 6) is 1.29. The van der Waals surface area contributed by atoms with Gasteiger partial charge in [-0.15, -0.1) is 0 Å². The third-order valence-corrected chi connectivity index (χ3v) is 6.54. The van der Waals surface area contributed by atoms with Crippen LogP contribution in [0.1, 0.15) is 26.7 Å². The third-order valence-electron chi connectivity index (χ3n) is 4.80. The number of fused-ring (bicyclic) bond motifs is 1. The summed E-state index contributed by atoms with van der Waals surface area (Å²) in [6, 6.07) is 4.98. The molecule has 0 saturated carbocycles. The highest BCUT2D eigenvalue weighted by atomic mass is 32.2. The van der Waals surface area contributed by atoms with Crippen molar-refractivity contribution >= 4 is 21.6 Å². The van der Waals surface area contributed by atoms with Crippen LogP contribution < -0.4 is 13.8 Å². The highest BCUT2D eigenvalue weighted by Gasteiger charge is 2.29. The van der Waals surface area contributed by atoms with Crippen LogP contribution in [0.25, 0.3) is 0 Å². The van der Waals surface area contributed by atoms with Crippen LogP contribution in [-0.4, -0.2) is 57.8 Å². The average molecular weight is 382 g/mol. The molecule has 0 bridgehead atoms. The number of ether oxygens (including phenoxy) is 2. The van der Waals surface area contributed by atoms with Gasteiger partial charge in [0.15, 0.2) is 11.5 Å². The molecule has 0 unspecified atom stereocenters. The number of sulfonamides is 1. The Hall–Kier alpha value is -1.96. The predicted molar refractivity (Wildman–Crippen MR) is 99.2 cm³/mol. The fourth-order valence-electron chi connectivity index (χ4n) is 3.33. The molecule has 3 rings (SSSR count). The van der Waals surface area contributed by atoms with Gasteiger partial charge in [0.1, 0.15) is 19.8 Å². The fraction of sp³-hybridized carbons (Fsp3) is 0.611. The molecule has 1 amide bonds. The summed E-state index contributed by atoms with van der Waals surface area (Å²) in [6.07, 6.45) is 2.06. The highest BCUT2D eigenvalue weighted by Crippen LogP contribution is 2.35. The minimum absolute atomic E-state index is 0.0782. The van der Waals surface area contributed by atoms with Crippen molar-refractivity contribution in [2.24, 2.45) is 5.92 Å². The van der Waals surface area contributed by atoms with Crippen LogP contribution in [-0.2, 0) is 14.8 Å². The van der Waals surface area contributed by atoms with E-state index in [-0.39, 0.29) is 18.2 Å². The summed E-state index contributed by atoms with van der Waals surface area (Å²) < 4.78 is 37.5. The van der Waals surface area contributed by atoms with Crippen molar-refractivity contribution in [1.82, 2.24) is 4.90 Å². The molecule has 2 aliphatic heterocycles. The van der Waals surface area contributed by atoms with Gasteiger partial charge in [-0.2, -0.15) is 0 Å². The summed E-state index contributed by atoms with van der Waals surface area (Å²) in [5, 5.41) is 0. The van der Waals surface area contributed by atoms with Crippen molar-refractivity contribution < 1.29 is 22.7 Å². The van der Waals surface area contributed by atoms with Crippen LogP contribution in [0.15, 0.2) is 18.2 Å². The van der Waals surface area contributed by atoms with E-state index < -0.39 is 10.0 Å². The number of hydrogen-bond acceptors (Lipinski definition) is 5. The van der Waals surface area contributed by atoms with Crippen molar-refractivity contribution in [3.63, 3.8) is 0 Å². The van der Waals surface area contributed by atoms with E-state index in [4.69, 9.17) is 9.47 Å². The molecule has 0 aliphatic carbocycles. The van der Waals surface area contributed by atoms with E-state index in [9.17, 15) is 13.2 Å². The van der Waals surface area contributed by atoms with Crippen LogP contribution in [0.3, 0.4) is 0 Å². The van der Waals surface area contributed by atoms with E-state index in [1.54, 1.807) is 30.0 Å². The van der Waals surface area contributed by atoms with Crippen LogP contribution in [0, 0.1) is 5.92 Å². The van der Waals surface area contributed by atoms with E-state index in [0.717, 1.165) is 12.8 Å². The van der Waals surface area contributed by atoms with Gasteiger partial charge in [-0.3, -0.25) is 9.10 Å². The average Bonchev–Trinajstić information content (AvgIpc) is 2.65. The minimum atomic E-state index is -3.60. The standard InChI is InChI=1S/C18H26N2O5S/c1-3-26(22,23)20(13-18(21)19-8-4-5-14(2)12-19)15-6-7-16-17(11-15)25-10-9-24-16/h6-7,11,14H,3-5,8-10,12-13H2,1-2H3/t14-/m1/s1. The number of likely N-dealkylation sites (tertiary alicyclic amines) is 1. The zero-order valence-corrected chi connectivity index (χ0v) is 16.1. The predicted octanol–water partition coefficient (Wildman–Crippen LogP) is 1.87. The minimum Gasteiger partial charge on any atom is -0.486 e. The van der Waals surface area contributed by atoms with E-state index in [1.165, 1.54) is 4.31 Å². The SMILES string of the molecule is CCS(=O)(=O)N(CC(=O)N1CCC[C@@H](C)C1)c1ccc2c(c1)OCCO2. The van der Waals surface area contributed by atoms with Gasteiger partial charge in [0, 0.05) is 19.2 Å². The second-order valence-electron chi connectivity index (χ2n) is 6.82. The molecule has 0 radical (unpaired) electrons. The van der Waals surface area contributed by atoms with E-state index >= 15 is 0 Å². The van der Waals surface area contributed by atoms with Crippen molar-refractivity contribution in [2.45, 2.75) is 26.7 Å². The normalized spacial score (nSPS) is 19.9. The maximum Gasteiger partial charge on any atom is 0.243 e. The molecule has 26 heavy (non-hydrogen) atoms. The maximum atomic E-state index is 12.7. The number of piperidine rings is 1. The second-order valence-corrected chi connectivity index (χ2v) is 9.00. The first-order valence-electron chi connectivity index (χ1n) is 9.08. The van der Waals surface area contributed by atoms with Gasteiger partial charge in [0.2, 0.25) is 15.9 Å². The van der Waals surface area contributed by atoms with Crippen molar-refractivity contribution in [2.75, 3.05) is 42.9 Å². The summed E-state index contributed by atoms with van der Waals surface area (Å²) >= 11 is 0. The molecule has 8 heteroatoms. The number of hydrogen-bond donors (Lipinski definition) is 0. The Labute approximate surface area is 154 Å². The van der Waals surface area contributed by atoms with E-state index in [1.807, 2.05) is 0 Å². The monoisotopic (exact) mass is 382 g/mol. The number of carbonyl (C=O) groups is 1. The lowest BCUT2D eigenvalue weighted by Crippen LogP contribution is -2.46. The number of anilines is 1. The fourth-order valence-corrected chi connectivity index (χ4v) is 4.39. The Kier molecular flexibility index (Phi) is 5.60. The largest absolute Gasteiger partial charge is 0.486 e. The molecule has 2 heterocycles. The van der Waals surface area contributed by atoms with Crippen molar-refractivity contribution in [3.05, 3.63) is 18.2 Å². The molecule has 0 spiro atoms. The van der Waals surface area contributed by atoms with Gasteiger partial charge in [-0.05, 0) is 37.8 Å². The number of rotatable bonds is 5. The number of benzene rings is 1. The van der Waals surface area contributed by atoms with Gasteiger partial charge in [0.05, 0.1) is 11.4 Å².